The highest BCUT2D eigenvalue weighted by molar-refractivity contribution is 7.16. The first kappa shape index (κ1) is 23.2. The van der Waals surface area contributed by atoms with E-state index in [0.29, 0.717) is 0 Å². The molecule has 1 unspecified atom stereocenters. The summed E-state index contributed by atoms with van der Waals surface area (Å²) in [5.74, 6) is 1.19. The highest BCUT2D eigenvalue weighted by Crippen LogP contribution is 2.29. The van der Waals surface area contributed by atoms with Crippen LogP contribution in [0.1, 0.15) is 53.3 Å². The largest absolute Gasteiger partial charge is 0.469 e. The van der Waals surface area contributed by atoms with Crippen LogP contribution in [0.25, 0.3) is 6.08 Å². The van der Waals surface area contributed by atoms with Crippen molar-refractivity contribution in [3.8, 4) is 0 Å². The molecular formula is C19H33N3O2S. The van der Waals surface area contributed by atoms with Crippen LogP contribution in [-0.4, -0.2) is 24.5 Å². The molecule has 0 saturated carbocycles. The molecule has 1 aliphatic rings. The SMILES string of the molecule is CC.CC(C)C=O.CNc1ncc(/C=C\C2NC=C(C(C)(C)C)O2)s1. The summed E-state index contributed by atoms with van der Waals surface area (Å²) in [5.41, 5.74) is 0.0410. The summed E-state index contributed by atoms with van der Waals surface area (Å²) < 4.78 is 5.81. The van der Waals surface area contributed by atoms with Crippen molar-refractivity contribution in [2.45, 2.75) is 54.7 Å². The fraction of sp³-hybridized carbons (Fsp3) is 0.579. The van der Waals surface area contributed by atoms with Gasteiger partial charge in [-0.2, -0.15) is 0 Å². The Bertz CT molecular complexity index is 557. The van der Waals surface area contributed by atoms with E-state index in [1.807, 2.05) is 59.3 Å². The van der Waals surface area contributed by atoms with Gasteiger partial charge in [-0.25, -0.2) is 4.98 Å². The Labute approximate surface area is 156 Å². The van der Waals surface area contributed by atoms with Crippen molar-refractivity contribution in [2.75, 3.05) is 12.4 Å². The van der Waals surface area contributed by atoms with Crippen molar-refractivity contribution in [1.82, 2.24) is 10.3 Å². The second kappa shape index (κ2) is 11.7. The van der Waals surface area contributed by atoms with Crippen LogP contribution in [0, 0.1) is 11.3 Å². The van der Waals surface area contributed by atoms with Crippen LogP contribution in [0.5, 0.6) is 0 Å². The predicted octanol–water partition coefficient (Wildman–Crippen LogP) is 4.90. The molecule has 5 nitrogen and oxygen atoms in total. The van der Waals surface area contributed by atoms with E-state index in [9.17, 15) is 4.79 Å². The van der Waals surface area contributed by atoms with Crippen molar-refractivity contribution >= 4 is 28.8 Å². The molecule has 0 aliphatic carbocycles. The fourth-order valence-electron chi connectivity index (χ4n) is 1.51. The number of anilines is 1. The van der Waals surface area contributed by atoms with E-state index in [1.165, 1.54) is 0 Å². The standard InChI is InChI=1S/C13H19N3OS.C4H8O.C2H6/c1-13(2,3)10-8-15-11(17-10)6-5-9-7-16-12(14-4)18-9;1-4(2)3-5;1-2/h5-8,11,15H,1-4H3,(H,14,16);3-4H,1-2H3;1-2H3/b6-5-;;. The van der Waals surface area contributed by atoms with Gasteiger partial charge in [-0.1, -0.05) is 59.8 Å². The topological polar surface area (TPSA) is 63.2 Å². The van der Waals surface area contributed by atoms with Crippen molar-refractivity contribution < 1.29 is 9.53 Å². The van der Waals surface area contributed by atoms with Gasteiger partial charge in [0.25, 0.3) is 0 Å². The molecule has 1 aromatic heterocycles. The number of aldehydes is 1. The first-order chi connectivity index (χ1) is 11.8. The van der Waals surface area contributed by atoms with Crippen molar-refractivity contribution in [1.29, 1.82) is 0 Å². The summed E-state index contributed by atoms with van der Waals surface area (Å²) in [6.45, 7) is 14.1. The van der Waals surface area contributed by atoms with Gasteiger partial charge in [-0.3, -0.25) is 0 Å². The molecule has 2 rings (SSSR count). The Morgan fingerprint density at radius 2 is 1.96 bits per heavy atom. The number of thiazole rings is 1. The zero-order valence-corrected chi connectivity index (χ0v) is 17.5. The molecule has 1 atom stereocenters. The first-order valence-electron chi connectivity index (χ1n) is 8.66. The second-order valence-electron chi connectivity index (χ2n) is 6.52. The minimum absolute atomic E-state index is 0.0410. The maximum atomic E-state index is 9.50. The van der Waals surface area contributed by atoms with Crippen LogP contribution < -0.4 is 10.6 Å². The average Bonchev–Trinajstić information content (AvgIpc) is 3.24. The zero-order chi connectivity index (χ0) is 19.5. The summed E-state index contributed by atoms with van der Waals surface area (Å²) in [7, 11) is 1.87. The van der Waals surface area contributed by atoms with Gasteiger partial charge in [0.1, 0.15) is 12.0 Å². The number of ether oxygens (including phenoxy) is 1. The van der Waals surface area contributed by atoms with Gasteiger partial charge in [0.15, 0.2) is 11.4 Å². The van der Waals surface area contributed by atoms with Crippen LogP contribution in [0.3, 0.4) is 0 Å². The molecule has 142 valence electrons. The minimum atomic E-state index is -0.0839. The highest BCUT2D eigenvalue weighted by atomic mass is 32.1. The molecule has 0 fully saturated rings. The van der Waals surface area contributed by atoms with E-state index in [0.717, 1.165) is 22.1 Å². The maximum Gasteiger partial charge on any atom is 0.189 e. The van der Waals surface area contributed by atoms with E-state index in [2.05, 4.69) is 36.4 Å². The van der Waals surface area contributed by atoms with Crippen LogP contribution >= 0.6 is 11.3 Å². The van der Waals surface area contributed by atoms with E-state index in [1.54, 1.807) is 11.3 Å². The molecule has 6 heteroatoms. The Hall–Kier alpha value is -1.82. The molecule has 0 amide bonds. The molecule has 1 aromatic rings. The van der Waals surface area contributed by atoms with Crippen LogP contribution in [0.15, 0.2) is 24.2 Å². The number of hydrogen-bond donors (Lipinski definition) is 2. The van der Waals surface area contributed by atoms with Crippen LogP contribution in [-0.2, 0) is 9.53 Å². The average molecular weight is 368 g/mol. The summed E-state index contributed by atoms with van der Waals surface area (Å²) in [6, 6.07) is 0. The number of carbonyl (C=O) groups is 1. The number of hydrogen-bond acceptors (Lipinski definition) is 6. The molecule has 0 spiro atoms. The Balaban J connectivity index is 0.000000710. The molecule has 25 heavy (non-hydrogen) atoms. The van der Waals surface area contributed by atoms with E-state index in [-0.39, 0.29) is 17.6 Å². The molecule has 0 saturated heterocycles. The molecule has 2 heterocycles. The molecule has 2 N–H and O–H groups in total. The van der Waals surface area contributed by atoms with Crippen LogP contribution in [0.4, 0.5) is 5.13 Å². The monoisotopic (exact) mass is 367 g/mol. The Morgan fingerprint density at radius 1 is 1.36 bits per heavy atom. The van der Waals surface area contributed by atoms with E-state index < -0.39 is 0 Å². The summed E-state index contributed by atoms with van der Waals surface area (Å²) in [5, 5.41) is 7.14. The smallest absolute Gasteiger partial charge is 0.189 e. The Morgan fingerprint density at radius 3 is 2.36 bits per heavy atom. The molecule has 1 aliphatic heterocycles. The normalized spacial score (nSPS) is 16.0. The van der Waals surface area contributed by atoms with Gasteiger partial charge >= 0.3 is 0 Å². The zero-order valence-electron chi connectivity index (χ0n) is 16.7. The fourth-order valence-corrected chi connectivity index (χ4v) is 2.19. The molecular weight excluding hydrogens is 334 g/mol. The number of rotatable bonds is 4. The van der Waals surface area contributed by atoms with Crippen molar-refractivity contribution in [3.05, 3.63) is 29.1 Å². The lowest BCUT2D eigenvalue weighted by Gasteiger charge is -2.20. The third kappa shape index (κ3) is 9.29. The quantitative estimate of drug-likeness (QED) is 0.741. The lowest BCUT2D eigenvalue weighted by Crippen LogP contribution is -2.19. The van der Waals surface area contributed by atoms with Gasteiger partial charge in [0.05, 0.1) is 0 Å². The van der Waals surface area contributed by atoms with Gasteiger partial charge in [-0.15, -0.1) is 0 Å². The number of nitrogens with one attached hydrogen (secondary N) is 2. The lowest BCUT2D eigenvalue weighted by molar-refractivity contribution is -0.110. The minimum Gasteiger partial charge on any atom is -0.469 e. The van der Waals surface area contributed by atoms with E-state index in [4.69, 9.17) is 4.74 Å². The molecule has 0 aromatic carbocycles. The van der Waals surface area contributed by atoms with Crippen molar-refractivity contribution in [2.24, 2.45) is 11.3 Å². The van der Waals surface area contributed by atoms with Crippen LogP contribution in [0.2, 0.25) is 0 Å². The number of nitrogens with zero attached hydrogens (tertiary/aromatic N) is 1. The third-order valence-electron chi connectivity index (χ3n) is 2.82. The predicted molar refractivity (Wildman–Crippen MR) is 108 cm³/mol. The summed E-state index contributed by atoms with van der Waals surface area (Å²) in [4.78, 5) is 14.8. The van der Waals surface area contributed by atoms with Gasteiger partial charge in [0.2, 0.25) is 0 Å². The van der Waals surface area contributed by atoms with Gasteiger partial charge < -0.3 is 20.2 Å². The number of carbonyl (C=O) groups excluding carboxylic acids is 1. The van der Waals surface area contributed by atoms with Gasteiger partial charge in [-0.05, 0) is 12.2 Å². The Kier molecular flexibility index (Phi) is 10.8. The third-order valence-corrected chi connectivity index (χ3v) is 3.80. The van der Waals surface area contributed by atoms with Crippen molar-refractivity contribution in [3.63, 3.8) is 0 Å². The molecule has 0 radical (unpaired) electrons. The summed E-state index contributed by atoms with van der Waals surface area (Å²) >= 11 is 1.61. The summed E-state index contributed by atoms with van der Waals surface area (Å²) in [6.07, 6.45) is 8.65. The first-order valence-corrected chi connectivity index (χ1v) is 9.48. The maximum absolute atomic E-state index is 9.50. The van der Waals surface area contributed by atoms with E-state index >= 15 is 0 Å². The lowest BCUT2D eigenvalue weighted by atomic mass is 9.95. The van der Waals surface area contributed by atoms with Gasteiger partial charge in [0, 0.05) is 35.7 Å². The number of aromatic nitrogens is 1. The second-order valence-corrected chi connectivity index (χ2v) is 7.58. The number of allylic oxidation sites excluding steroid dienone is 1. The highest BCUT2D eigenvalue weighted by Gasteiger charge is 2.25. The molecule has 0 bridgehead atoms.